The molecule has 0 aliphatic rings. The summed E-state index contributed by atoms with van der Waals surface area (Å²) in [5.41, 5.74) is 6.99. The highest BCUT2D eigenvalue weighted by molar-refractivity contribution is 7.92. The van der Waals surface area contributed by atoms with Gasteiger partial charge in [0.05, 0.1) is 0 Å². The van der Waals surface area contributed by atoms with Crippen LogP contribution in [-0.4, -0.2) is 13.4 Å². The highest BCUT2D eigenvalue weighted by Crippen LogP contribution is 2.16. The van der Waals surface area contributed by atoms with Crippen LogP contribution >= 0.6 is 0 Å². The predicted octanol–water partition coefficient (Wildman–Crippen LogP) is 1.77. The molecular formula is C12H13N3O2S. The molecule has 0 bridgehead atoms. The zero-order valence-electron chi connectivity index (χ0n) is 9.79. The van der Waals surface area contributed by atoms with Crippen LogP contribution in [0.3, 0.4) is 0 Å². The summed E-state index contributed by atoms with van der Waals surface area (Å²) in [5, 5.41) is 0. The quantitative estimate of drug-likeness (QED) is 0.883. The van der Waals surface area contributed by atoms with E-state index in [0.717, 1.165) is 5.56 Å². The van der Waals surface area contributed by atoms with E-state index in [4.69, 9.17) is 5.73 Å². The molecule has 6 heteroatoms. The fourth-order valence-corrected chi connectivity index (χ4v) is 2.39. The first kappa shape index (κ1) is 12.4. The molecule has 94 valence electrons. The minimum absolute atomic E-state index is 0.0808. The normalized spacial score (nSPS) is 11.2. The van der Waals surface area contributed by atoms with Crippen LogP contribution in [-0.2, 0) is 10.0 Å². The maximum Gasteiger partial charge on any atom is 0.263 e. The van der Waals surface area contributed by atoms with Crippen LogP contribution in [0, 0.1) is 6.92 Å². The Labute approximate surface area is 106 Å². The zero-order chi connectivity index (χ0) is 13.2. The van der Waals surface area contributed by atoms with E-state index in [0.29, 0.717) is 5.69 Å². The first-order valence-electron chi connectivity index (χ1n) is 5.28. The van der Waals surface area contributed by atoms with E-state index in [1.54, 1.807) is 12.1 Å². The van der Waals surface area contributed by atoms with Crippen molar-refractivity contribution in [1.82, 2.24) is 4.98 Å². The highest BCUT2D eigenvalue weighted by atomic mass is 32.2. The van der Waals surface area contributed by atoms with Crippen LogP contribution < -0.4 is 10.5 Å². The van der Waals surface area contributed by atoms with Crippen LogP contribution in [0.15, 0.2) is 47.5 Å². The molecular weight excluding hydrogens is 250 g/mol. The van der Waals surface area contributed by atoms with Gasteiger partial charge >= 0.3 is 0 Å². The van der Waals surface area contributed by atoms with Gasteiger partial charge in [0.2, 0.25) is 0 Å². The van der Waals surface area contributed by atoms with E-state index in [2.05, 4.69) is 9.71 Å². The molecule has 0 aliphatic carbocycles. The summed E-state index contributed by atoms with van der Waals surface area (Å²) in [6.07, 6.45) is 1.23. The molecule has 0 amide bonds. The topological polar surface area (TPSA) is 85.1 Å². The number of aromatic nitrogens is 1. The number of benzene rings is 1. The van der Waals surface area contributed by atoms with Crippen LogP contribution in [0.1, 0.15) is 5.56 Å². The average Bonchev–Trinajstić information content (AvgIpc) is 2.32. The van der Waals surface area contributed by atoms with Gasteiger partial charge in [-0.25, -0.2) is 13.4 Å². The Morgan fingerprint density at radius 3 is 2.33 bits per heavy atom. The molecule has 1 heterocycles. The van der Waals surface area contributed by atoms with E-state index >= 15 is 0 Å². The van der Waals surface area contributed by atoms with Gasteiger partial charge in [0.1, 0.15) is 10.7 Å². The van der Waals surface area contributed by atoms with E-state index in [1.807, 2.05) is 19.1 Å². The Morgan fingerprint density at radius 2 is 1.78 bits per heavy atom. The van der Waals surface area contributed by atoms with Gasteiger partial charge in [0.25, 0.3) is 10.0 Å². The zero-order valence-corrected chi connectivity index (χ0v) is 10.6. The summed E-state index contributed by atoms with van der Waals surface area (Å²) in [6, 6.07) is 9.94. The minimum Gasteiger partial charge on any atom is -0.384 e. The second kappa shape index (κ2) is 4.66. The monoisotopic (exact) mass is 263 g/mol. The van der Waals surface area contributed by atoms with Crippen molar-refractivity contribution in [1.29, 1.82) is 0 Å². The minimum atomic E-state index is -3.61. The van der Waals surface area contributed by atoms with Crippen molar-refractivity contribution in [3.05, 3.63) is 48.2 Å². The third kappa shape index (κ3) is 2.78. The summed E-state index contributed by atoms with van der Waals surface area (Å²) in [4.78, 5) is 3.84. The molecule has 0 spiro atoms. The number of pyridine rings is 1. The van der Waals surface area contributed by atoms with Crippen molar-refractivity contribution in [3.8, 4) is 0 Å². The lowest BCUT2D eigenvalue weighted by atomic mass is 10.2. The van der Waals surface area contributed by atoms with Gasteiger partial charge in [-0.2, -0.15) is 0 Å². The van der Waals surface area contributed by atoms with Crippen molar-refractivity contribution in [2.75, 3.05) is 10.5 Å². The smallest absolute Gasteiger partial charge is 0.263 e. The number of hydrogen-bond acceptors (Lipinski definition) is 4. The second-order valence-corrected chi connectivity index (χ2v) is 5.57. The first-order valence-corrected chi connectivity index (χ1v) is 6.77. The molecule has 18 heavy (non-hydrogen) atoms. The molecule has 0 saturated carbocycles. The number of nitrogens with two attached hydrogens (primary N) is 1. The predicted molar refractivity (Wildman–Crippen MR) is 70.6 cm³/mol. The molecule has 0 atom stereocenters. The van der Waals surface area contributed by atoms with Gasteiger partial charge in [-0.1, -0.05) is 17.7 Å². The van der Waals surface area contributed by atoms with Crippen molar-refractivity contribution < 1.29 is 8.42 Å². The Balaban J connectivity index is 2.27. The summed E-state index contributed by atoms with van der Waals surface area (Å²) in [5.74, 6) is 0.282. The standard InChI is InChI=1S/C12H13N3O2S/c1-9-2-4-10(5-3-9)15-18(16,17)11-6-7-12(13)14-8-11/h2-8,15H,1H3,(H2,13,14). The van der Waals surface area contributed by atoms with Gasteiger partial charge in [0.15, 0.2) is 0 Å². The largest absolute Gasteiger partial charge is 0.384 e. The average molecular weight is 263 g/mol. The number of nitrogens with one attached hydrogen (secondary N) is 1. The molecule has 1 aromatic heterocycles. The molecule has 0 aliphatic heterocycles. The number of anilines is 2. The Bertz CT molecular complexity index is 634. The molecule has 0 saturated heterocycles. The number of rotatable bonds is 3. The number of aryl methyl sites for hydroxylation is 1. The maximum absolute atomic E-state index is 12.0. The number of hydrogen-bond donors (Lipinski definition) is 2. The van der Waals surface area contributed by atoms with Crippen molar-refractivity contribution in [3.63, 3.8) is 0 Å². The molecule has 2 rings (SSSR count). The maximum atomic E-state index is 12.0. The SMILES string of the molecule is Cc1ccc(NS(=O)(=O)c2ccc(N)nc2)cc1. The van der Waals surface area contributed by atoms with E-state index in [1.165, 1.54) is 18.3 Å². The third-order valence-electron chi connectivity index (χ3n) is 2.37. The van der Waals surface area contributed by atoms with Gasteiger partial charge in [-0.15, -0.1) is 0 Å². The number of nitrogens with zero attached hydrogens (tertiary/aromatic N) is 1. The lowest BCUT2D eigenvalue weighted by molar-refractivity contribution is 0.601. The van der Waals surface area contributed by atoms with Crippen molar-refractivity contribution in [2.24, 2.45) is 0 Å². The molecule has 2 aromatic rings. The summed E-state index contributed by atoms with van der Waals surface area (Å²) in [7, 11) is -3.61. The van der Waals surface area contributed by atoms with Crippen LogP contribution in [0.25, 0.3) is 0 Å². The van der Waals surface area contributed by atoms with Gasteiger partial charge in [-0.3, -0.25) is 4.72 Å². The number of nitrogen functional groups attached to an aromatic ring is 1. The molecule has 1 aromatic carbocycles. The summed E-state index contributed by atoms with van der Waals surface area (Å²) >= 11 is 0. The van der Waals surface area contributed by atoms with Gasteiger partial charge in [-0.05, 0) is 31.2 Å². The lowest BCUT2D eigenvalue weighted by Gasteiger charge is -2.08. The molecule has 0 radical (unpaired) electrons. The van der Waals surface area contributed by atoms with E-state index < -0.39 is 10.0 Å². The van der Waals surface area contributed by atoms with E-state index in [9.17, 15) is 8.42 Å². The molecule has 0 unspecified atom stereocenters. The van der Waals surface area contributed by atoms with Gasteiger partial charge < -0.3 is 5.73 Å². The number of sulfonamides is 1. The second-order valence-electron chi connectivity index (χ2n) is 3.89. The fourth-order valence-electron chi connectivity index (χ4n) is 1.39. The molecule has 0 fully saturated rings. The molecule has 5 nitrogen and oxygen atoms in total. The van der Waals surface area contributed by atoms with Crippen LogP contribution in [0.2, 0.25) is 0 Å². The van der Waals surface area contributed by atoms with Crippen molar-refractivity contribution in [2.45, 2.75) is 11.8 Å². The fraction of sp³-hybridized carbons (Fsp3) is 0.0833. The van der Waals surface area contributed by atoms with Crippen LogP contribution in [0.4, 0.5) is 11.5 Å². The Hall–Kier alpha value is -2.08. The summed E-state index contributed by atoms with van der Waals surface area (Å²) in [6.45, 7) is 1.93. The van der Waals surface area contributed by atoms with E-state index in [-0.39, 0.29) is 10.7 Å². The van der Waals surface area contributed by atoms with Crippen molar-refractivity contribution >= 4 is 21.5 Å². The van der Waals surface area contributed by atoms with Gasteiger partial charge in [0, 0.05) is 11.9 Å². The highest BCUT2D eigenvalue weighted by Gasteiger charge is 2.14. The van der Waals surface area contributed by atoms with Crippen LogP contribution in [0.5, 0.6) is 0 Å². The Kier molecular flexibility index (Phi) is 3.20. The molecule has 3 N–H and O–H groups in total. The Morgan fingerprint density at radius 1 is 1.11 bits per heavy atom. The lowest BCUT2D eigenvalue weighted by Crippen LogP contribution is -2.13. The summed E-state index contributed by atoms with van der Waals surface area (Å²) < 4.78 is 26.5. The first-order chi connectivity index (χ1) is 8.47. The third-order valence-corrected chi connectivity index (χ3v) is 3.74.